The van der Waals surface area contributed by atoms with Gasteiger partial charge in [-0.25, -0.2) is 0 Å². The van der Waals surface area contributed by atoms with E-state index in [2.05, 4.69) is 17.2 Å². The number of nitrogens with one attached hydrogen (secondary N) is 2. The fourth-order valence-corrected chi connectivity index (χ4v) is 2.01. The Hall–Kier alpha value is -0.540. The van der Waals surface area contributed by atoms with Crippen LogP contribution in [0.4, 0.5) is 0 Å². The number of amides is 1. The highest BCUT2D eigenvalue weighted by Crippen LogP contribution is 2.17. The van der Waals surface area contributed by atoms with Crippen LogP contribution in [-0.4, -0.2) is 24.5 Å². The van der Waals surface area contributed by atoms with Crippen LogP contribution < -0.4 is 10.6 Å². The summed E-state index contributed by atoms with van der Waals surface area (Å²) in [5.41, 5.74) is 0. The summed E-state index contributed by atoms with van der Waals surface area (Å²) < 4.78 is 0. The minimum absolute atomic E-state index is 0.0600. The van der Waals surface area contributed by atoms with Gasteiger partial charge in [0.25, 0.3) is 0 Å². The first-order valence-corrected chi connectivity index (χ1v) is 6.34. The second-order valence-electron chi connectivity index (χ2n) is 4.46. The Balaban J connectivity index is 2.24. The number of hydrogen-bond acceptors (Lipinski definition) is 2. The molecule has 1 aliphatic rings. The van der Waals surface area contributed by atoms with E-state index >= 15 is 0 Å². The third kappa shape index (κ3) is 4.99. The fraction of sp³-hybridized carbons (Fsp3) is 0.750. The number of rotatable bonds is 5. The molecule has 1 fully saturated rings. The van der Waals surface area contributed by atoms with Gasteiger partial charge in [-0.15, -0.1) is 0 Å². The summed E-state index contributed by atoms with van der Waals surface area (Å²) in [6.45, 7) is 5.89. The lowest BCUT2D eigenvalue weighted by Crippen LogP contribution is -2.47. The monoisotopic (exact) mass is 244 g/mol. The minimum Gasteiger partial charge on any atom is -0.352 e. The Morgan fingerprint density at radius 1 is 1.44 bits per heavy atom. The SMILES string of the molecule is C=C(Cl)CNC(C)C(=O)NC1CCCCC1. The van der Waals surface area contributed by atoms with E-state index in [1.165, 1.54) is 19.3 Å². The number of hydrogen-bond donors (Lipinski definition) is 2. The molecule has 0 saturated heterocycles. The van der Waals surface area contributed by atoms with Crippen molar-refractivity contribution in [2.75, 3.05) is 6.54 Å². The summed E-state index contributed by atoms with van der Waals surface area (Å²) in [4.78, 5) is 11.8. The number of carbonyl (C=O) groups excluding carboxylic acids is 1. The van der Waals surface area contributed by atoms with Gasteiger partial charge in [-0.1, -0.05) is 37.4 Å². The third-order valence-electron chi connectivity index (χ3n) is 2.94. The van der Waals surface area contributed by atoms with Gasteiger partial charge in [0.1, 0.15) is 0 Å². The molecule has 3 nitrogen and oxygen atoms in total. The molecule has 16 heavy (non-hydrogen) atoms. The molecule has 1 atom stereocenters. The second kappa shape index (κ2) is 6.92. The summed E-state index contributed by atoms with van der Waals surface area (Å²) in [5.74, 6) is 0.0600. The molecule has 92 valence electrons. The third-order valence-corrected chi connectivity index (χ3v) is 3.08. The Morgan fingerprint density at radius 3 is 2.62 bits per heavy atom. The van der Waals surface area contributed by atoms with Crippen molar-refractivity contribution in [1.29, 1.82) is 0 Å². The van der Waals surface area contributed by atoms with Crippen LogP contribution in [-0.2, 0) is 4.79 Å². The lowest BCUT2D eigenvalue weighted by molar-refractivity contribution is -0.123. The number of carbonyl (C=O) groups is 1. The van der Waals surface area contributed by atoms with E-state index in [0.717, 1.165) is 12.8 Å². The van der Waals surface area contributed by atoms with Gasteiger partial charge >= 0.3 is 0 Å². The van der Waals surface area contributed by atoms with Crippen LogP contribution in [0, 0.1) is 0 Å². The van der Waals surface area contributed by atoms with Crippen molar-refractivity contribution >= 4 is 17.5 Å². The molecule has 0 aromatic rings. The second-order valence-corrected chi connectivity index (χ2v) is 5.00. The maximum absolute atomic E-state index is 11.8. The molecular formula is C12H21ClN2O. The first kappa shape index (κ1) is 13.5. The predicted octanol–water partition coefficient (Wildman–Crippen LogP) is 2.17. The molecule has 1 amide bonds. The van der Waals surface area contributed by atoms with E-state index in [4.69, 9.17) is 11.6 Å². The van der Waals surface area contributed by atoms with E-state index in [1.54, 1.807) is 0 Å². The van der Waals surface area contributed by atoms with Crippen molar-refractivity contribution in [2.24, 2.45) is 0 Å². The van der Waals surface area contributed by atoms with Crippen molar-refractivity contribution in [3.05, 3.63) is 11.6 Å². The van der Waals surface area contributed by atoms with Gasteiger partial charge in [-0.3, -0.25) is 4.79 Å². The van der Waals surface area contributed by atoms with Gasteiger partial charge in [0, 0.05) is 17.6 Å². The summed E-state index contributed by atoms with van der Waals surface area (Å²) in [5, 5.41) is 6.62. The van der Waals surface area contributed by atoms with Crippen LogP contribution in [0.3, 0.4) is 0 Å². The van der Waals surface area contributed by atoms with E-state index < -0.39 is 0 Å². The lowest BCUT2D eigenvalue weighted by atomic mass is 9.95. The number of halogens is 1. The Bertz CT molecular complexity index is 249. The Morgan fingerprint density at radius 2 is 2.06 bits per heavy atom. The molecule has 0 aromatic carbocycles. The summed E-state index contributed by atoms with van der Waals surface area (Å²) in [6, 6.07) is 0.155. The molecule has 0 bridgehead atoms. The molecular weight excluding hydrogens is 224 g/mol. The minimum atomic E-state index is -0.211. The average molecular weight is 245 g/mol. The molecule has 4 heteroatoms. The van der Waals surface area contributed by atoms with Crippen LogP contribution in [0.25, 0.3) is 0 Å². The molecule has 0 spiro atoms. The van der Waals surface area contributed by atoms with Crippen LogP contribution >= 0.6 is 11.6 Å². The molecule has 0 heterocycles. The zero-order valence-electron chi connectivity index (χ0n) is 9.89. The molecule has 0 aliphatic heterocycles. The lowest BCUT2D eigenvalue weighted by Gasteiger charge is -2.24. The zero-order chi connectivity index (χ0) is 12.0. The highest BCUT2D eigenvalue weighted by atomic mass is 35.5. The Kier molecular flexibility index (Phi) is 5.85. The highest BCUT2D eigenvalue weighted by Gasteiger charge is 2.18. The van der Waals surface area contributed by atoms with Crippen LogP contribution in [0.1, 0.15) is 39.0 Å². The maximum Gasteiger partial charge on any atom is 0.237 e. The van der Waals surface area contributed by atoms with Crippen LogP contribution in [0.2, 0.25) is 0 Å². The first-order valence-electron chi connectivity index (χ1n) is 5.96. The van der Waals surface area contributed by atoms with Crippen molar-refractivity contribution in [1.82, 2.24) is 10.6 Å². The fourth-order valence-electron chi connectivity index (χ4n) is 1.93. The summed E-state index contributed by atoms with van der Waals surface area (Å²) in [7, 11) is 0. The predicted molar refractivity (Wildman–Crippen MR) is 67.5 cm³/mol. The van der Waals surface area contributed by atoms with E-state index in [9.17, 15) is 4.79 Å². The molecule has 0 aromatic heterocycles. The smallest absolute Gasteiger partial charge is 0.237 e. The topological polar surface area (TPSA) is 41.1 Å². The van der Waals surface area contributed by atoms with Crippen molar-refractivity contribution < 1.29 is 4.79 Å². The van der Waals surface area contributed by atoms with Crippen molar-refractivity contribution in [2.45, 2.75) is 51.1 Å². The first-order chi connectivity index (χ1) is 7.59. The van der Waals surface area contributed by atoms with Gasteiger partial charge < -0.3 is 10.6 Å². The maximum atomic E-state index is 11.8. The summed E-state index contributed by atoms with van der Waals surface area (Å²) >= 11 is 5.63. The van der Waals surface area contributed by atoms with E-state index in [-0.39, 0.29) is 11.9 Å². The Labute approximate surface area is 103 Å². The van der Waals surface area contributed by atoms with Gasteiger partial charge in [-0.2, -0.15) is 0 Å². The van der Waals surface area contributed by atoms with Crippen molar-refractivity contribution in [3.63, 3.8) is 0 Å². The van der Waals surface area contributed by atoms with Gasteiger partial charge in [-0.05, 0) is 19.8 Å². The largest absolute Gasteiger partial charge is 0.352 e. The standard InChI is InChI=1S/C12H21ClN2O/c1-9(13)8-14-10(2)12(16)15-11-6-4-3-5-7-11/h10-11,14H,1,3-8H2,2H3,(H,15,16). The molecule has 0 radical (unpaired) electrons. The van der Waals surface area contributed by atoms with E-state index in [0.29, 0.717) is 17.6 Å². The van der Waals surface area contributed by atoms with Gasteiger partial charge in [0.15, 0.2) is 0 Å². The highest BCUT2D eigenvalue weighted by molar-refractivity contribution is 6.29. The molecule has 1 unspecified atom stereocenters. The van der Waals surface area contributed by atoms with Crippen LogP contribution in [0.15, 0.2) is 11.6 Å². The quantitative estimate of drug-likeness (QED) is 0.778. The molecule has 1 aliphatic carbocycles. The van der Waals surface area contributed by atoms with E-state index in [1.807, 2.05) is 6.92 Å². The normalized spacial score (nSPS) is 19.1. The molecule has 2 N–H and O–H groups in total. The summed E-state index contributed by atoms with van der Waals surface area (Å²) in [6.07, 6.45) is 5.98. The molecule has 1 rings (SSSR count). The average Bonchev–Trinajstić information content (AvgIpc) is 2.27. The van der Waals surface area contributed by atoms with Gasteiger partial charge in [0.05, 0.1) is 6.04 Å². The van der Waals surface area contributed by atoms with Crippen molar-refractivity contribution in [3.8, 4) is 0 Å². The van der Waals surface area contributed by atoms with Gasteiger partial charge in [0.2, 0.25) is 5.91 Å². The zero-order valence-corrected chi connectivity index (χ0v) is 10.6. The molecule has 1 saturated carbocycles. The van der Waals surface area contributed by atoms with Crippen LogP contribution in [0.5, 0.6) is 0 Å².